The quantitative estimate of drug-likeness (QED) is 0.789. The third-order valence-electron chi connectivity index (χ3n) is 3.59. The van der Waals surface area contributed by atoms with Crippen LogP contribution in [0.2, 0.25) is 0 Å². The number of carbonyl (C=O) groups excluding carboxylic acids is 1. The summed E-state index contributed by atoms with van der Waals surface area (Å²) in [5, 5.41) is 2.89. The van der Waals surface area contributed by atoms with Gasteiger partial charge in [0.05, 0.1) is 6.04 Å². The Morgan fingerprint density at radius 3 is 2.70 bits per heavy atom. The summed E-state index contributed by atoms with van der Waals surface area (Å²) >= 11 is 2.29. The highest BCUT2D eigenvalue weighted by Crippen LogP contribution is 2.28. The van der Waals surface area contributed by atoms with Gasteiger partial charge in [0, 0.05) is 15.7 Å². The number of rotatable bonds is 2. The number of hydrogen-bond donors (Lipinski definition) is 2. The first-order valence-electron chi connectivity index (χ1n) is 6.57. The second-order valence-corrected chi connectivity index (χ2v) is 6.24. The first-order chi connectivity index (χ1) is 9.63. The van der Waals surface area contributed by atoms with Crippen LogP contribution in [0.3, 0.4) is 0 Å². The summed E-state index contributed by atoms with van der Waals surface area (Å²) in [7, 11) is 0. The fourth-order valence-electron chi connectivity index (χ4n) is 2.49. The lowest BCUT2D eigenvalue weighted by Crippen LogP contribution is -2.20. The molecule has 0 spiro atoms. The summed E-state index contributed by atoms with van der Waals surface area (Å²) in [6.45, 7) is 0. The van der Waals surface area contributed by atoms with E-state index in [0.29, 0.717) is 6.42 Å². The number of aryl methyl sites for hydroxylation is 1. The fourth-order valence-corrected chi connectivity index (χ4v) is 3.06. The van der Waals surface area contributed by atoms with Gasteiger partial charge in [-0.25, -0.2) is 0 Å². The van der Waals surface area contributed by atoms with E-state index in [1.807, 2.05) is 24.3 Å². The summed E-state index contributed by atoms with van der Waals surface area (Å²) in [6, 6.07) is 14.2. The van der Waals surface area contributed by atoms with Crippen molar-refractivity contribution in [2.75, 3.05) is 5.32 Å². The minimum Gasteiger partial charge on any atom is -0.326 e. The molecule has 102 valence electrons. The first kappa shape index (κ1) is 13.6. The van der Waals surface area contributed by atoms with E-state index in [0.717, 1.165) is 23.2 Å². The van der Waals surface area contributed by atoms with Crippen LogP contribution < -0.4 is 11.1 Å². The molecular formula is C16H15IN2O. The molecule has 3 rings (SSSR count). The molecule has 0 radical (unpaired) electrons. The van der Waals surface area contributed by atoms with Gasteiger partial charge in [-0.1, -0.05) is 24.3 Å². The number of amides is 1. The normalized spacial score (nSPS) is 15.4. The van der Waals surface area contributed by atoms with Crippen LogP contribution in [0.15, 0.2) is 42.5 Å². The molecular weight excluding hydrogens is 363 g/mol. The number of carbonyl (C=O) groups is 1. The van der Waals surface area contributed by atoms with Crippen molar-refractivity contribution in [3.8, 4) is 0 Å². The van der Waals surface area contributed by atoms with E-state index < -0.39 is 0 Å². The maximum atomic E-state index is 11.4. The fraction of sp³-hybridized carbons (Fsp3) is 0.188. The van der Waals surface area contributed by atoms with Gasteiger partial charge < -0.3 is 11.1 Å². The van der Waals surface area contributed by atoms with E-state index in [1.54, 1.807) is 0 Å². The molecule has 0 aliphatic carbocycles. The van der Waals surface area contributed by atoms with Crippen molar-refractivity contribution in [2.24, 2.45) is 5.73 Å². The molecule has 1 unspecified atom stereocenters. The third-order valence-corrected chi connectivity index (χ3v) is 4.26. The van der Waals surface area contributed by atoms with Crippen molar-refractivity contribution in [2.45, 2.75) is 18.9 Å². The molecule has 2 aromatic carbocycles. The average molecular weight is 378 g/mol. The largest absolute Gasteiger partial charge is 0.326 e. The number of hydrogen-bond acceptors (Lipinski definition) is 2. The number of nitrogens with two attached hydrogens (primary N) is 1. The van der Waals surface area contributed by atoms with Gasteiger partial charge in [0.15, 0.2) is 0 Å². The van der Waals surface area contributed by atoms with E-state index in [1.165, 1.54) is 9.13 Å². The van der Waals surface area contributed by atoms with Gasteiger partial charge in [0.25, 0.3) is 0 Å². The standard InChI is InChI=1S/C16H15IN2O/c17-13-3-1-2-11(9-13)16(18)12-4-6-14-10(8-12)5-7-15(20)19-14/h1-4,6,8-9,16H,5,7,18H2,(H,19,20). The number of anilines is 1. The summed E-state index contributed by atoms with van der Waals surface area (Å²) in [6.07, 6.45) is 1.34. The van der Waals surface area contributed by atoms with Gasteiger partial charge in [-0.3, -0.25) is 4.79 Å². The zero-order chi connectivity index (χ0) is 14.1. The second kappa shape index (κ2) is 5.54. The highest BCUT2D eigenvalue weighted by atomic mass is 127. The van der Waals surface area contributed by atoms with Gasteiger partial charge >= 0.3 is 0 Å². The second-order valence-electron chi connectivity index (χ2n) is 5.00. The zero-order valence-electron chi connectivity index (χ0n) is 10.9. The van der Waals surface area contributed by atoms with Crippen LogP contribution in [-0.2, 0) is 11.2 Å². The molecule has 0 aromatic heterocycles. The first-order valence-corrected chi connectivity index (χ1v) is 7.65. The maximum absolute atomic E-state index is 11.4. The molecule has 2 aromatic rings. The van der Waals surface area contributed by atoms with Crippen molar-refractivity contribution in [1.29, 1.82) is 0 Å². The molecule has 0 saturated carbocycles. The van der Waals surface area contributed by atoms with Crippen molar-refractivity contribution in [1.82, 2.24) is 0 Å². The molecule has 3 nitrogen and oxygen atoms in total. The van der Waals surface area contributed by atoms with E-state index >= 15 is 0 Å². The molecule has 1 amide bonds. The Morgan fingerprint density at radius 1 is 1.10 bits per heavy atom. The predicted octanol–water partition coefficient (Wildman–Crippen LogP) is 3.22. The zero-order valence-corrected chi connectivity index (χ0v) is 13.1. The Kier molecular flexibility index (Phi) is 3.76. The Hall–Kier alpha value is -1.40. The van der Waals surface area contributed by atoms with Crippen LogP contribution in [0.25, 0.3) is 0 Å². The molecule has 1 atom stereocenters. The molecule has 3 N–H and O–H groups in total. The topological polar surface area (TPSA) is 55.1 Å². The van der Waals surface area contributed by atoms with Crippen LogP contribution in [0.1, 0.15) is 29.2 Å². The molecule has 1 aliphatic rings. The van der Waals surface area contributed by atoms with Crippen molar-refractivity contribution < 1.29 is 4.79 Å². The van der Waals surface area contributed by atoms with Crippen molar-refractivity contribution in [3.63, 3.8) is 0 Å². The Labute approximate surface area is 131 Å². The average Bonchev–Trinajstić information content (AvgIpc) is 2.46. The lowest BCUT2D eigenvalue weighted by molar-refractivity contribution is -0.116. The van der Waals surface area contributed by atoms with E-state index in [9.17, 15) is 4.79 Å². The summed E-state index contributed by atoms with van der Waals surface area (Å²) in [5.74, 6) is 0.0900. The van der Waals surface area contributed by atoms with Crippen molar-refractivity contribution >= 4 is 34.2 Å². The van der Waals surface area contributed by atoms with Crippen LogP contribution in [0.4, 0.5) is 5.69 Å². The molecule has 1 aliphatic heterocycles. The monoisotopic (exact) mass is 378 g/mol. The van der Waals surface area contributed by atoms with Crippen LogP contribution in [-0.4, -0.2) is 5.91 Å². The molecule has 20 heavy (non-hydrogen) atoms. The summed E-state index contributed by atoms with van der Waals surface area (Å²) < 4.78 is 1.18. The number of nitrogens with one attached hydrogen (secondary N) is 1. The van der Waals surface area contributed by atoms with Crippen LogP contribution >= 0.6 is 22.6 Å². The highest BCUT2D eigenvalue weighted by molar-refractivity contribution is 14.1. The molecule has 0 bridgehead atoms. The number of halogens is 1. The van der Waals surface area contributed by atoms with Gasteiger partial charge in [0.2, 0.25) is 5.91 Å². The van der Waals surface area contributed by atoms with E-state index in [-0.39, 0.29) is 11.9 Å². The lowest BCUT2D eigenvalue weighted by Gasteiger charge is -2.20. The smallest absolute Gasteiger partial charge is 0.224 e. The Bertz CT molecular complexity index is 669. The lowest BCUT2D eigenvalue weighted by atomic mass is 9.94. The SMILES string of the molecule is NC(c1cccc(I)c1)c1ccc2c(c1)CCC(=O)N2. The number of fused-ring (bicyclic) bond motifs is 1. The third kappa shape index (κ3) is 2.71. The van der Waals surface area contributed by atoms with Gasteiger partial charge in [-0.2, -0.15) is 0 Å². The van der Waals surface area contributed by atoms with Crippen LogP contribution in [0.5, 0.6) is 0 Å². The van der Waals surface area contributed by atoms with Gasteiger partial charge in [-0.15, -0.1) is 0 Å². The Balaban J connectivity index is 1.93. The van der Waals surface area contributed by atoms with E-state index in [2.05, 4.69) is 46.1 Å². The minimum absolute atomic E-state index is 0.0900. The minimum atomic E-state index is -0.132. The van der Waals surface area contributed by atoms with Gasteiger partial charge in [-0.05, 0) is 63.9 Å². The van der Waals surface area contributed by atoms with Crippen molar-refractivity contribution in [3.05, 3.63) is 62.7 Å². The summed E-state index contributed by atoms with van der Waals surface area (Å²) in [5.41, 5.74) is 10.6. The molecule has 0 saturated heterocycles. The predicted molar refractivity (Wildman–Crippen MR) is 88.6 cm³/mol. The van der Waals surface area contributed by atoms with Crippen LogP contribution in [0, 0.1) is 3.57 Å². The molecule has 4 heteroatoms. The highest BCUT2D eigenvalue weighted by Gasteiger charge is 2.17. The Morgan fingerprint density at radius 2 is 1.90 bits per heavy atom. The molecule has 1 heterocycles. The maximum Gasteiger partial charge on any atom is 0.224 e. The van der Waals surface area contributed by atoms with Gasteiger partial charge in [0.1, 0.15) is 0 Å². The van der Waals surface area contributed by atoms with E-state index in [4.69, 9.17) is 5.73 Å². The number of benzene rings is 2. The summed E-state index contributed by atoms with van der Waals surface area (Å²) in [4.78, 5) is 11.4. The molecule has 0 fully saturated rings.